The minimum atomic E-state index is -0.453. The average Bonchev–Trinajstić information content (AvgIpc) is 3.41. The number of benzene rings is 1. The van der Waals surface area contributed by atoms with Gasteiger partial charge in [0.2, 0.25) is 5.91 Å². The third kappa shape index (κ3) is 4.89. The number of nitrogens with zero attached hydrogens (tertiary/aromatic N) is 1. The zero-order valence-corrected chi connectivity index (χ0v) is 15.2. The minimum Gasteiger partial charge on any atom is -0.368 e. The molecule has 0 unspecified atom stereocenters. The van der Waals surface area contributed by atoms with Crippen molar-refractivity contribution < 1.29 is 9.53 Å². The fourth-order valence-corrected chi connectivity index (χ4v) is 2.98. The summed E-state index contributed by atoms with van der Waals surface area (Å²) in [4.78, 5) is 16.9. The van der Waals surface area contributed by atoms with Crippen molar-refractivity contribution >= 4 is 5.91 Å². The molecule has 1 aromatic heterocycles. The van der Waals surface area contributed by atoms with Crippen LogP contribution >= 0.6 is 0 Å². The molecule has 1 aromatic carbocycles. The summed E-state index contributed by atoms with van der Waals surface area (Å²) < 4.78 is 5.72. The summed E-state index contributed by atoms with van der Waals surface area (Å²) in [5, 5.41) is 3.14. The first-order chi connectivity index (χ1) is 12.0. The fraction of sp³-hybridized carbons (Fsp3) is 0.429. The Balaban J connectivity index is 1.79. The first-order valence-corrected chi connectivity index (χ1v) is 8.93. The predicted molar refractivity (Wildman–Crippen MR) is 98.3 cm³/mol. The van der Waals surface area contributed by atoms with E-state index in [1.54, 1.807) is 12.4 Å². The molecule has 0 spiro atoms. The molecule has 0 saturated heterocycles. The van der Waals surface area contributed by atoms with Crippen LogP contribution in [0.5, 0.6) is 0 Å². The quantitative estimate of drug-likeness (QED) is 0.837. The smallest absolute Gasteiger partial charge is 0.249 e. The third-order valence-electron chi connectivity index (χ3n) is 4.53. The second-order valence-electron chi connectivity index (χ2n) is 7.07. The molecule has 4 heteroatoms. The number of hydrogen-bond donors (Lipinski definition) is 1. The molecular formula is C21H26N2O2. The molecule has 2 aromatic rings. The Hall–Kier alpha value is -2.20. The van der Waals surface area contributed by atoms with E-state index in [2.05, 4.69) is 42.3 Å². The molecule has 3 rings (SSSR count). The lowest BCUT2D eigenvalue weighted by Crippen LogP contribution is -2.38. The highest BCUT2D eigenvalue weighted by molar-refractivity contribution is 5.81. The fourth-order valence-electron chi connectivity index (χ4n) is 2.98. The van der Waals surface area contributed by atoms with E-state index in [0.717, 1.165) is 11.1 Å². The van der Waals surface area contributed by atoms with Gasteiger partial charge in [-0.3, -0.25) is 9.78 Å². The lowest BCUT2D eigenvalue weighted by Gasteiger charge is -2.23. The summed E-state index contributed by atoms with van der Waals surface area (Å²) in [5.41, 5.74) is 4.39. The lowest BCUT2D eigenvalue weighted by atomic mass is 9.96. The number of amides is 1. The SMILES string of the molecule is Cc1cc(C)cc([C@H](NC(=O)[C@H](C)OCC2CC2)c2cccnc2)c1. The Morgan fingerprint density at radius 2 is 1.96 bits per heavy atom. The number of ether oxygens (including phenoxy) is 1. The highest BCUT2D eigenvalue weighted by Crippen LogP contribution is 2.29. The van der Waals surface area contributed by atoms with Gasteiger partial charge in [0.25, 0.3) is 0 Å². The molecule has 1 saturated carbocycles. The number of rotatable bonds is 7. The summed E-state index contributed by atoms with van der Waals surface area (Å²) in [7, 11) is 0. The van der Waals surface area contributed by atoms with Crippen LogP contribution in [0.1, 0.15) is 48.1 Å². The monoisotopic (exact) mass is 338 g/mol. The summed E-state index contributed by atoms with van der Waals surface area (Å²) in [6.45, 7) is 6.63. The van der Waals surface area contributed by atoms with Gasteiger partial charge in [-0.15, -0.1) is 0 Å². The van der Waals surface area contributed by atoms with Gasteiger partial charge in [0.05, 0.1) is 12.6 Å². The van der Waals surface area contributed by atoms with Crippen LogP contribution in [0, 0.1) is 19.8 Å². The number of aromatic nitrogens is 1. The summed E-state index contributed by atoms with van der Waals surface area (Å²) in [5.74, 6) is 0.553. The Kier molecular flexibility index (Phi) is 5.49. The predicted octanol–water partition coefficient (Wildman–Crippen LogP) is 3.72. The molecule has 4 nitrogen and oxygen atoms in total. The van der Waals surface area contributed by atoms with Crippen LogP contribution in [-0.2, 0) is 9.53 Å². The zero-order valence-electron chi connectivity index (χ0n) is 15.2. The molecule has 25 heavy (non-hydrogen) atoms. The van der Waals surface area contributed by atoms with E-state index in [9.17, 15) is 4.79 Å². The summed E-state index contributed by atoms with van der Waals surface area (Å²) in [6, 6.07) is 10.0. The van der Waals surface area contributed by atoms with E-state index < -0.39 is 6.10 Å². The van der Waals surface area contributed by atoms with Crippen LogP contribution in [0.2, 0.25) is 0 Å². The standard InChI is InChI=1S/C21H26N2O2/c1-14-9-15(2)11-19(10-14)20(18-5-4-8-22-12-18)23-21(24)16(3)25-13-17-6-7-17/h4-5,8-12,16-17,20H,6-7,13H2,1-3H3,(H,23,24)/t16-,20+/m0/s1. The Bertz CT molecular complexity index is 706. The van der Waals surface area contributed by atoms with Crippen LogP contribution in [0.3, 0.4) is 0 Å². The molecule has 1 N–H and O–H groups in total. The van der Waals surface area contributed by atoms with Crippen molar-refractivity contribution in [2.24, 2.45) is 5.92 Å². The maximum Gasteiger partial charge on any atom is 0.249 e. The number of aryl methyl sites for hydroxylation is 2. The molecule has 1 amide bonds. The molecule has 1 heterocycles. The molecule has 0 bridgehead atoms. The van der Waals surface area contributed by atoms with E-state index >= 15 is 0 Å². The number of carbonyl (C=O) groups is 1. The largest absolute Gasteiger partial charge is 0.368 e. The van der Waals surface area contributed by atoms with Gasteiger partial charge in [-0.2, -0.15) is 0 Å². The van der Waals surface area contributed by atoms with E-state index in [4.69, 9.17) is 4.74 Å². The van der Waals surface area contributed by atoms with Gasteiger partial charge in [0.15, 0.2) is 0 Å². The molecule has 132 valence electrons. The zero-order chi connectivity index (χ0) is 17.8. The van der Waals surface area contributed by atoms with Gasteiger partial charge in [-0.25, -0.2) is 0 Å². The number of hydrogen-bond acceptors (Lipinski definition) is 3. The second-order valence-corrected chi connectivity index (χ2v) is 7.07. The van der Waals surface area contributed by atoms with Crippen LogP contribution in [0.25, 0.3) is 0 Å². The van der Waals surface area contributed by atoms with Crippen molar-refractivity contribution in [3.05, 3.63) is 65.0 Å². The summed E-state index contributed by atoms with van der Waals surface area (Å²) in [6.07, 6.45) is 5.53. The van der Waals surface area contributed by atoms with E-state index in [1.165, 1.54) is 24.0 Å². The van der Waals surface area contributed by atoms with Gasteiger partial charge < -0.3 is 10.1 Å². The highest BCUT2D eigenvalue weighted by atomic mass is 16.5. The van der Waals surface area contributed by atoms with Crippen molar-refractivity contribution in [2.75, 3.05) is 6.61 Å². The third-order valence-corrected chi connectivity index (χ3v) is 4.53. The van der Waals surface area contributed by atoms with Crippen LogP contribution in [0.15, 0.2) is 42.7 Å². The van der Waals surface area contributed by atoms with E-state index in [0.29, 0.717) is 12.5 Å². The maximum absolute atomic E-state index is 12.6. The first-order valence-electron chi connectivity index (χ1n) is 8.93. The van der Waals surface area contributed by atoms with Crippen LogP contribution < -0.4 is 5.32 Å². The topological polar surface area (TPSA) is 51.2 Å². The molecule has 1 aliphatic rings. The van der Waals surface area contributed by atoms with Gasteiger partial charge in [-0.1, -0.05) is 35.4 Å². The number of carbonyl (C=O) groups excluding carboxylic acids is 1. The van der Waals surface area contributed by atoms with Crippen molar-refractivity contribution in [3.8, 4) is 0 Å². The van der Waals surface area contributed by atoms with Crippen LogP contribution in [0.4, 0.5) is 0 Å². The molecule has 2 atom stereocenters. The second kappa shape index (κ2) is 7.79. The minimum absolute atomic E-state index is 0.0892. The van der Waals surface area contributed by atoms with Crippen molar-refractivity contribution in [1.82, 2.24) is 10.3 Å². The Morgan fingerprint density at radius 1 is 1.24 bits per heavy atom. The molecular weight excluding hydrogens is 312 g/mol. The maximum atomic E-state index is 12.6. The highest BCUT2D eigenvalue weighted by Gasteiger charge is 2.26. The number of pyridine rings is 1. The van der Waals surface area contributed by atoms with Gasteiger partial charge in [0, 0.05) is 12.4 Å². The van der Waals surface area contributed by atoms with Gasteiger partial charge in [0.1, 0.15) is 6.10 Å². The Morgan fingerprint density at radius 3 is 2.56 bits per heavy atom. The lowest BCUT2D eigenvalue weighted by molar-refractivity contribution is -0.132. The summed E-state index contributed by atoms with van der Waals surface area (Å²) >= 11 is 0. The normalized spacial score (nSPS) is 16.3. The van der Waals surface area contributed by atoms with Gasteiger partial charge >= 0.3 is 0 Å². The molecule has 0 aliphatic heterocycles. The van der Waals surface area contributed by atoms with Gasteiger partial charge in [-0.05, 0) is 56.7 Å². The van der Waals surface area contributed by atoms with E-state index in [-0.39, 0.29) is 11.9 Å². The Labute approximate surface area is 149 Å². The number of nitrogens with one attached hydrogen (secondary N) is 1. The molecule has 1 aliphatic carbocycles. The van der Waals surface area contributed by atoms with Crippen LogP contribution in [-0.4, -0.2) is 23.6 Å². The molecule has 1 fully saturated rings. The van der Waals surface area contributed by atoms with Crippen molar-refractivity contribution in [3.63, 3.8) is 0 Å². The van der Waals surface area contributed by atoms with E-state index in [1.807, 2.05) is 19.1 Å². The molecule has 0 radical (unpaired) electrons. The average molecular weight is 338 g/mol. The van der Waals surface area contributed by atoms with Crippen molar-refractivity contribution in [1.29, 1.82) is 0 Å². The van der Waals surface area contributed by atoms with Crippen molar-refractivity contribution in [2.45, 2.75) is 45.8 Å². The first kappa shape index (κ1) is 17.6.